The number of nitrogens with one attached hydrogen (secondary N) is 1. The number of carbonyl (C=O) groups excluding carboxylic acids is 1. The quantitative estimate of drug-likeness (QED) is 0.583. The number of rotatable bonds is 7. The van der Waals surface area contributed by atoms with E-state index in [1.165, 1.54) is 5.56 Å². The first-order valence-corrected chi connectivity index (χ1v) is 6.18. The average Bonchev–Trinajstić information content (AvgIpc) is 2.36. The van der Waals surface area contributed by atoms with E-state index in [1.807, 2.05) is 25.1 Å². The predicted molar refractivity (Wildman–Crippen MR) is 68.7 cm³/mol. The lowest BCUT2D eigenvalue weighted by molar-refractivity contribution is -0.143. The third-order valence-corrected chi connectivity index (χ3v) is 2.61. The zero-order valence-corrected chi connectivity index (χ0v) is 10.6. The van der Waals surface area contributed by atoms with Crippen LogP contribution in [-0.4, -0.2) is 19.1 Å². The summed E-state index contributed by atoms with van der Waals surface area (Å²) in [4.78, 5) is 11.1. The summed E-state index contributed by atoms with van der Waals surface area (Å²) in [5.74, 6) is -0.110. The summed E-state index contributed by atoms with van der Waals surface area (Å²) in [7, 11) is 0. The Bertz CT molecular complexity index is 324. The zero-order valence-electron chi connectivity index (χ0n) is 10.6. The maximum atomic E-state index is 11.1. The topological polar surface area (TPSA) is 38.3 Å². The van der Waals surface area contributed by atoms with E-state index in [0.717, 1.165) is 13.0 Å². The molecule has 1 N–H and O–H groups in total. The Morgan fingerprint density at radius 1 is 1.35 bits per heavy atom. The van der Waals surface area contributed by atoms with E-state index in [1.54, 1.807) is 0 Å². The molecule has 1 aromatic carbocycles. The van der Waals surface area contributed by atoms with Gasteiger partial charge in [0.25, 0.3) is 0 Å². The van der Waals surface area contributed by atoms with Gasteiger partial charge in [0.1, 0.15) is 0 Å². The van der Waals surface area contributed by atoms with E-state index in [4.69, 9.17) is 4.74 Å². The van der Waals surface area contributed by atoms with Crippen LogP contribution in [0.15, 0.2) is 30.3 Å². The number of esters is 1. The first kappa shape index (κ1) is 13.7. The molecule has 0 aromatic heterocycles. The lowest BCUT2D eigenvalue weighted by Crippen LogP contribution is -2.20. The molecule has 94 valence electrons. The third kappa shape index (κ3) is 5.50. The largest absolute Gasteiger partial charge is 0.466 e. The van der Waals surface area contributed by atoms with Crippen molar-refractivity contribution in [1.29, 1.82) is 0 Å². The summed E-state index contributed by atoms with van der Waals surface area (Å²) in [6.45, 7) is 5.24. The van der Waals surface area contributed by atoms with Crippen LogP contribution < -0.4 is 5.32 Å². The van der Waals surface area contributed by atoms with Crippen LogP contribution in [0.5, 0.6) is 0 Å². The zero-order chi connectivity index (χ0) is 12.5. The van der Waals surface area contributed by atoms with Crippen LogP contribution in [0.25, 0.3) is 0 Å². The van der Waals surface area contributed by atoms with Gasteiger partial charge in [0.15, 0.2) is 0 Å². The van der Waals surface area contributed by atoms with Crippen LogP contribution in [0, 0.1) is 0 Å². The van der Waals surface area contributed by atoms with Gasteiger partial charge in [-0.15, -0.1) is 0 Å². The fourth-order valence-electron chi connectivity index (χ4n) is 1.64. The first-order chi connectivity index (χ1) is 8.24. The molecule has 0 heterocycles. The van der Waals surface area contributed by atoms with Crippen molar-refractivity contribution >= 4 is 5.97 Å². The molecule has 0 saturated carbocycles. The molecule has 17 heavy (non-hydrogen) atoms. The van der Waals surface area contributed by atoms with Gasteiger partial charge in [-0.25, -0.2) is 0 Å². The molecule has 3 nitrogen and oxygen atoms in total. The van der Waals surface area contributed by atoms with Gasteiger partial charge < -0.3 is 10.1 Å². The van der Waals surface area contributed by atoms with Crippen molar-refractivity contribution in [1.82, 2.24) is 5.32 Å². The van der Waals surface area contributed by atoms with Crippen molar-refractivity contribution in [3.63, 3.8) is 0 Å². The van der Waals surface area contributed by atoms with Crippen LogP contribution in [0.1, 0.15) is 38.3 Å². The van der Waals surface area contributed by atoms with E-state index in [-0.39, 0.29) is 5.97 Å². The molecule has 0 aliphatic carbocycles. The molecule has 3 heteroatoms. The van der Waals surface area contributed by atoms with Crippen molar-refractivity contribution in [3.05, 3.63) is 35.9 Å². The highest BCUT2D eigenvalue weighted by Crippen LogP contribution is 2.10. The number of hydrogen-bond donors (Lipinski definition) is 1. The molecule has 0 saturated heterocycles. The maximum Gasteiger partial charge on any atom is 0.305 e. The first-order valence-electron chi connectivity index (χ1n) is 6.18. The summed E-state index contributed by atoms with van der Waals surface area (Å²) >= 11 is 0. The van der Waals surface area contributed by atoms with Gasteiger partial charge >= 0.3 is 5.97 Å². The second kappa shape index (κ2) is 7.85. The van der Waals surface area contributed by atoms with Crippen molar-refractivity contribution in [2.75, 3.05) is 13.2 Å². The van der Waals surface area contributed by atoms with Crippen LogP contribution >= 0.6 is 0 Å². The van der Waals surface area contributed by atoms with Crippen LogP contribution in [0.3, 0.4) is 0 Å². The highest BCUT2D eigenvalue weighted by molar-refractivity contribution is 5.69. The molecule has 0 aliphatic rings. The van der Waals surface area contributed by atoms with Crippen molar-refractivity contribution < 1.29 is 9.53 Å². The van der Waals surface area contributed by atoms with Gasteiger partial charge in [-0.05, 0) is 32.4 Å². The summed E-state index contributed by atoms with van der Waals surface area (Å²) in [6.07, 6.45) is 1.30. The normalized spacial score (nSPS) is 12.1. The summed E-state index contributed by atoms with van der Waals surface area (Å²) in [5.41, 5.74) is 1.27. The van der Waals surface area contributed by atoms with Crippen LogP contribution in [0.2, 0.25) is 0 Å². The Balaban J connectivity index is 2.17. The predicted octanol–water partition coefficient (Wildman–Crippen LogP) is 2.68. The van der Waals surface area contributed by atoms with Gasteiger partial charge in [-0.3, -0.25) is 4.79 Å². The molecule has 0 amide bonds. The Morgan fingerprint density at radius 2 is 2.06 bits per heavy atom. The highest BCUT2D eigenvalue weighted by Gasteiger charge is 2.04. The second-order valence-corrected chi connectivity index (χ2v) is 4.00. The third-order valence-electron chi connectivity index (χ3n) is 2.61. The van der Waals surface area contributed by atoms with Gasteiger partial charge in [0.2, 0.25) is 0 Å². The monoisotopic (exact) mass is 235 g/mol. The minimum absolute atomic E-state index is 0.110. The van der Waals surface area contributed by atoms with Gasteiger partial charge in [-0.1, -0.05) is 30.3 Å². The molecule has 0 aliphatic heterocycles. The maximum absolute atomic E-state index is 11.1. The number of hydrogen-bond acceptors (Lipinski definition) is 3. The van der Waals surface area contributed by atoms with Crippen molar-refractivity contribution in [2.24, 2.45) is 0 Å². The Hall–Kier alpha value is -1.35. The standard InChI is InChI=1S/C14H21NO2/c1-3-17-14(16)10-7-11-15-12(2)13-8-5-4-6-9-13/h4-6,8-9,12,15H,3,7,10-11H2,1-2H3. The van der Waals surface area contributed by atoms with Crippen LogP contribution in [-0.2, 0) is 9.53 Å². The highest BCUT2D eigenvalue weighted by atomic mass is 16.5. The molecule has 0 fully saturated rings. The minimum Gasteiger partial charge on any atom is -0.466 e. The number of carbonyl (C=O) groups is 1. The van der Waals surface area contributed by atoms with E-state index < -0.39 is 0 Å². The fraction of sp³-hybridized carbons (Fsp3) is 0.500. The average molecular weight is 235 g/mol. The van der Waals surface area contributed by atoms with Crippen LogP contribution in [0.4, 0.5) is 0 Å². The Labute approximate surface area is 103 Å². The number of benzene rings is 1. The van der Waals surface area contributed by atoms with Crippen molar-refractivity contribution in [3.8, 4) is 0 Å². The molecule has 1 atom stereocenters. The molecular formula is C14H21NO2. The summed E-state index contributed by atoms with van der Waals surface area (Å²) < 4.78 is 4.87. The number of ether oxygens (including phenoxy) is 1. The van der Waals surface area contributed by atoms with E-state index in [0.29, 0.717) is 19.1 Å². The summed E-state index contributed by atoms with van der Waals surface area (Å²) in [6, 6.07) is 10.6. The molecule has 1 unspecified atom stereocenters. The second-order valence-electron chi connectivity index (χ2n) is 4.00. The molecule has 1 aromatic rings. The Morgan fingerprint density at radius 3 is 2.71 bits per heavy atom. The van der Waals surface area contributed by atoms with E-state index >= 15 is 0 Å². The molecule has 0 radical (unpaired) electrons. The lowest BCUT2D eigenvalue weighted by Gasteiger charge is -2.13. The van der Waals surface area contributed by atoms with Crippen molar-refractivity contribution in [2.45, 2.75) is 32.7 Å². The molecule has 0 bridgehead atoms. The SMILES string of the molecule is CCOC(=O)CCCNC(C)c1ccccc1. The van der Waals surface area contributed by atoms with E-state index in [2.05, 4.69) is 24.4 Å². The Kier molecular flexibility index (Phi) is 6.33. The molecule has 0 spiro atoms. The lowest BCUT2D eigenvalue weighted by atomic mass is 10.1. The van der Waals surface area contributed by atoms with Gasteiger partial charge in [-0.2, -0.15) is 0 Å². The fourth-order valence-corrected chi connectivity index (χ4v) is 1.64. The minimum atomic E-state index is -0.110. The van der Waals surface area contributed by atoms with Gasteiger partial charge in [0.05, 0.1) is 6.61 Å². The molecule has 1 rings (SSSR count). The van der Waals surface area contributed by atoms with Gasteiger partial charge in [0, 0.05) is 12.5 Å². The molecular weight excluding hydrogens is 214 g/mol. The smallest absolute Gasteiger partial charge is 0.305 e. The summed E-state index contributed by atoms with van der Waals surface area (Å²) in [5, 5.41) is 3.39. The van der Waals surface area contributed by atoms with E-state index in [9.17, 15) is 4.79 Å².